The number of rotatable bonds is 2. The van der Waals surface area contributed by atoms with Crippen LogP contribution in [0.2, 0.25) is 0 Å². The molecule has 3 rings (SSSR count). The minimum Gasteiger partial charge on any atom is -0.392 e. The highest BCUT2D eigenvalue weighted by atomic mass is 32.1. The summed E-state index contributed by atoms with van der Waals surface area (Å²) in [6.45, 7) is 5.10. The normalized spacial score (nSPS) is 29.5. The third-order valence-corrected chi connectivity index (χ3v) is 4.94. The van der Waals surface area contributed by atoms with Gasteiger partial charge in [-0.3, -0.25) is 4.90 Å². The van der Waals surface area contributed by atoms with E-state index in [1.165, 1.54) is 28.4 Å². The smallest absolute Gasteiger partial charge is 0.107 e. The van der Waals surface area contributed by atoms with Gasteiger partial charge >= 0.3 is 0 Å². The van der Waals surface area contributed by atoms with E-state index in [0.717, 1.165) is 38.4 Å². The van der Waals surface area contributed by atoms with Gasteiger partial charge in [0, 0.05) is 18.0 Å². The average molecular weight is 252 g/mol. The molecule has 0 amide bonds. The van der Waals surface area contributed by atoms with Crippen molar-refractivity contribution in [1.82, 2.24) is 9.88 Å². The molecule has 1 unspecified atom stereocenters. The van der Waals surface area contributed by atoms with Crippen molar-refractivity contribution >= 4 is 11.3 Å². The third kappa shape index (κ3) is 2.54. The van der Waals surface area contributed by atoms with Crippen LogP contribution in [-0.2, 0) is 19.4 Å². The third-order valence-electron chi connectivity index (χ3n) is 3.84. The highest BCUT2D eigenvalue weighted by molar-refractivity contribution is 7.11. The number of hydrogen-bond donors (Lipinski definition) is 1. The number of β-amino-alcohol motifs (C(OH)–C–C–N with tert-alkyl or cyclic N) is 1. The molecule has 1 aliphatic carbocycles. The minimum atomic E-state index is -0.121. The molecular formula is C13H20N2OS. The van der Waals surface area contributed by atoms with Gasteiger partial charge in [0.25, 0.3) is 0 Å². The second-order valence-corrected chi connectivity index (χ2v) is 6.67. The van der Waals surface area contributed by atoms with Crippen molar-refractivity contribution in [1.29, 1.82) is 0 Å². The van der Waals surface area contributed by atoms with Crippen LogP contribution in [0, 0.1) is 5.92 Å². The summed E-state index contributed by atoms with van der Waals surface area (Å²) in [6.07, 6.45) is 4.47. The first-order valence-electron chi connectivity index (χ1n) is 6.58. The first-order chi connectivity index (χ1) is 8.20. The van der Waals surface area contributed by atoms with E-state index in [0.29, 0.717) is 0 Å². The molecule has 0 spiro atoms. The van der Waals surface area contributed by atoms with Crippen LogP contribution < -0.4 is 0 Å². The van der Waals surface area contributed by atoms with Crippen molar-refractivity contribution in [3.8, 4) is 0 Å². The van der Waals surface area contributed by atoms with Gasteiger partial charge in [-0.2, -0.15) is 0 Å². The maximum atomic E-state index is 9.52. The highest BCUT2D eigenvalue weighted by Gasteiger charge is 2.23. The van der Waals surface area contributed by atoms with Gasteiger partial charge in [-0.05, 0) is 31.6 Å². The lowest BCUT2D eigenvalue weighted by Gasteiger charge is -2.15. The molecule has 1 fully saturated rings. The fraction of sp³-hybridized carbons (Fsp3) is 0.769. The van der Waals surface area contributed by atoms with Crippen LogP contribution in [0.1, 0.15) is 35.3 Å². The quantitative estimate of drug-likeness (QED) is 0.872. The molecule has 1 aliphatic heterocycles. The summed E-state index contributed by atoms with van der Waals surface area (Å²) < 4.78 is 0. The zero-order valence-corrected chi connectivity index (χ0v) is 11.2. The van der Waals surface area contributed by atoms with Gasteiger partial charge in [-0.25, -0.2) is 4.98 Å². The molecule has 4 heteroatoms. The maximum Gasteiger partial charge on any atom is 0.107 e. The van der Waals surface area contributed by atoms with Crippen molar-refractivity contribution in [2.45, 2.75) is 45.3 Å². The van der Waals surface area contributed by atoms with E-state index < -0.39 is 0 Å². The Kier molecular flexibility index (Phi) is 3.19. The van der Waals surface area contributed by atoms with Crippen LogP contribution in [-0.4, -0.2) is 34.2 Å². The van der Waals surface area contributed by atoms with Gasteiger partial charge in [0.1, 0.15) is 5.01 Å². The van der Waals surface area contributed by atoms with Crippen molar-refractivity contribution < 1.29 is 5.11 Å². The average Bonchev–Trinajstić information content (AvgIpc) is 2.84. The Balaban J connectivity index is 1.68. The summed E-state index contributed by atoms with van der Waals surface area (Å²) in [5, 5.41) is 10.8. The lowest BCUT2D eigenvalue weighted by atomic mass is 9.93. The first-order valence-corrected chi connectivity index (χ1v) is 7.40. The molecule has 2 atom stereocenters. The molecule has 1 aromatic rings. The molecule has 94 valence electrons. The molecule has 0 aromatic carbocycles. The van der Waals surface area contributed by atoms with E-state index in [4.69, 9.17) is 4.98 Å². The topological polar surface area (TPSA) is 36.4 Å². The van der Waals surface area contributed by atoms with Gasteiger partial charge in [-0.15, -0.1) is 11.3 Å². The van der Waals surface area contributed by atoms with Crippen LogP contribution in [0.3, 0.4) is 0 Å². The zero-order chi connectivity index (χ0) is 11.8. The van der Waals surface area contributed by atoms with Crippen molar-refractivity contribution in [2.24, 2.45) is 5.92 Å². The van der Waals surface area contributed by atoms with Crippen LogP contribution in [0.25, 0.3) is 0 Å². The number of aryl methyl sites for hydroxylation is 1. The molecule has 0 saturated carbocycles. The van der Waals surface area contributed by atoms with Crippen LogP contribution in [0.15, 0.2) is 0 Å². The van der Waals surface area contributed by atoms with E-state index in [2.05, 4.69) is 11.8 Å². The second kappa shape index (κ2) is 4.67. The Labute approximate surface area is 106 Å². The van der Waals surface area contributed by atoms with Crippen molar-refractivity contribution in [3.63, 3.8) is 0 Å². The zero-order valence-electron chi connectivity index (χ0n) is 10.4. The predicted octanol–water partition coefficient (Wildman–Crippen LogP) is 1.83. The molecule has 17 heavy (non-hydrogen) atoms. The summed E-state index contributed by atoms with van der Waals surface area (Å²) in [7, 11) is 0. The van der Waals surface area contributed by atoms with Gasteiger partial charge in [0.05, 0.1) is 18.3 Å². The molecule has 3 nitrogen and oxygen atoms in total. The number of thiazole rings is 1. The van der Waals surface area contributed by atoms with Crippen LogP contribution in [0.5, 0.6) is 0 Å². The first kappa shape index (κ1) is 11.6. The van der Waals surface area contributed by atoms with E-state index in [-0.39, 0.29) is 6.10 Å². The Morgan fingerprint density at radius 3 is 3.12 bits per heavy atom. The molecule has 0 radical (unpaired) electrons. The lowest BCUT2D eigenvalue weighted by Crippen LogP contribution is -2.21. The van der Waals surface area contributed by atoms with Gasteiger partial charge in [0.15, 0.2) is 0 Å². The molecule has 2 heterocycles. The summed E-state index contributed by atoms with van der Waals surface area (Å²) >= 11 is 1.89. The summed E-state index contributed by atoms with van der Waals surface area (Å²) in [5.74, 6) is 0.824. The van der Waals surface area contributed by atoms with Crippen LogP contribution in [0.4, 0.5) is 0 Å². The predicted molar refractivity (Wildman–Crippen MR) is 69.2 cm³/mol. The van der Waals surface area contributed by atoms with Gasteiger partial charge in [0.2, 0.25) is 0 Å². The Morgan fingerprint density at radius 2 is 2.35 bits per heavy atom. The molecule has 0 bridgehead atoms. The fourth-order valence-corrected chi connectivity index (χ4v) is 4.13. The molecule has 1 N–H and O–H groups in total. The second-order valence-electron chi connectivity index (χ2n) is 5.50. The number of aliphatic hydroxyl groups is 1. The monoisotopic (exact) mass is 252 g/mol. The van der Waals surface area contributed by atoms with Crippen LogP contribution >= 0.6 is 11.3 Å². The highest BCUT2D eigenvalue weighted by Crippen LogP contribution is 2.30. The molecule has 1 saturated heterocycles. The number of nitrogens with zero attached hydrogens (tertiary/aromatic N) is 2. The van der Waals surface area contributed by atoms with E-state index in [1.54, 1.807) is 0 Å². The molecular weight excluding hydrogens is 232 g/mol. The van der Waals surface area contributed by atoms with E-state index in [9.17, 15) is 5.11 Å². The Morgan fingerprint density at radius 1 is 1.47 bits per heavy atom. The summed E-state index contributed by atoms with van der Waals surface area (Å²) in [4.78, 5) is 8.60. The minimum absolute atomic E-state index is 0.121. The number of hydrogen-bond acceptors (Lipinski definition) is 4. The van der Waals surface area contributed by atoms with E-state index in [1.807, 2.05) is 11.3 Å². The van der Waals surface area contributed by atoms with Crippen molar-refractivity contribution in [2.75, 3.05) is 13.1 Å². The SMILES string of the molecule is CC1CCc2nc(CN3CC[C@H](O)C3)sc2C1. The number of aromatic nitrogens is 1. The number of fused-ring (bicyclic) bond motifs is 1. The number of aliphatic hydroxyl groups excluding tert-OH is 1. The van der Waals surface area contributed by atoms with Crippen molar-refractivity contribution in [3.05, 3.63) is 15.6 Å². The fourth-order valence-electron chi connectivity index (χ4n) is 2.81. The summed E-state index contributed by atoms with van der Waals surface area (Å²) in [6, 6.07) is 0. The van der Waals surface area contributed by atoms with Gasteiger partial charge < -0.3 is 5.11 Å². The Bertz CT molecular complexity index is 404. The number of likely N-dealkylation sites (tertiary alicyclic amines) is 1. The Hall–Kier alpha value is -0.450. The standard InChI is InChI=1S/C13H20N2OS/c1-9-2-3-11-12(6-9)17-13(14-11)8-15-5-4-10(16)7-15/h9-10,16H,2-8H2,1H3/t9?,10-/m0/s1. The lowest BCUT2D eigenvalue weighted by molar-refractivity contribution is 0.174. The maximum absolute atomic E-state index is 9.52. The largest absolute Gasteiger partial charge is 0.392 e. The summed E-state index contributed by atoms with van der Waals surface area (Å²) in [5.41, 5.74) is 1.35. The van der Waals surface area contributed by atoms with E-state index >= 15 is 0 Å². The molecule has 1 aromatic heterocycles. The molecule has 2 aliphatic rings. The van der Waals surface area contributed by atoms with Gasteiger partial charge in [-0.1, -0.05) is 6.92 Å².